The molecular weight excluding hydrogens is 482 g/mol. The molecule has 0 saturated carbocycles. The van der Waals surface area contributed by atoms with Gasteiger partial charge in [0.2, 0.25) is 0 Å². The van der Waals surface area contributed by atoms with Crippen LogP contribution in [0.25, 0.3) is 0 Å². The van der Waals surface area contributed by atoms with Crippen LogP contribution in [0.3, 0.4) is 0 Å². The highest BCUT2D eigenvalue weighted by Crippen LogP contribution is 2.22. The van der Waals surface area contributed by atoms with Crippen molar-refractivity contribution < 1.29 is 13.2 Å². The maximum atomic E-state index is 12.8. The summed E-state index contributed by atoms with van der Waals surface area (Å²) in [6.45, 7) is 4.69. The van der Waals surface area contributed by atoms with Crippen molar-refractivity contribution in [3.8, 4) is 0 Å². The van der Waals surface area contributed by atoms with Crippen LogP contribution in [0.5, 0.6) is 0 Å². The molecule has 2 N–H and O–H groups in total. The summed E-state index contributed by atoms with van der Waals surface area (Å²) in [6, 6.07) is 29.5. The number of hydrogen-bond donors (Lipinski definition) is 2. The number of anilines is 2. The molecule has 0 saturated heterocycles. The van der Waals surface area contributed by atoms with Gasteiger partial charge in [0, 0.05) is 36.6 Å². The van der Waals surface area contributed by atoms with E-state index < -0.39 is 10.0 Å². The van der Waals surface area contributed by atoms with Crippen molar-refractivity contribution in [2.45, 2.75) is 31.3 Å². The molecule has 0 radical (unpaired) electrons. The summed E-state index contributed by atoms with van der Waals surface area (Å²) >= 11 is 0. The highest BCUT2D eigenvalue weighted by atomic mass is 32.2. The Morgan fingerprint density at radius 3 is 2.30 bits per heavy atom. The Balaban J connectivity index is 1.18. The van der Waals surface area contributed by atoms with E-state index in [0.29, 0.717) is 16.9 Å². The van der Waals surface area contributed by atoms with E-state index in [4.69, 9.17) is 0 Å². The molecular formula is C30H29N3O3S. The molecule has 0 aromatic heterocycles. The largest absolute Gasteiger partial charge is 0.322 e. The van der Waals surface area contributed by atoms with E-state index in [2.05, 4.69) is 39.2 Å². The van der Waals surface area contributed by atoms with Gasteiger partial charge in [-0.3, -0.25) is 14.4 Å². The van der Waals surface area contributed by atoms with Gasteiger partial charge in [-0.1, -0.05) is 48.5 Å². The number of aryl methyl sites for hydroxylation is 1. The van der Waals surface area contributed by atoms with Crippen LogP contribution >= 0.6 is 0 Å². The first kappa shape index (κ1) is 24.7. The van der Waals surface area contributed by atoms with E-state index in [-0.39, 0.29) is 10.8 Å². The number of rotatable bonds is 7. The molecule has 4 aromatic rings. The molecule has 4 aromatic carbocycles. The van der Waals surface area contributed by atoms with Crippen LogP contribution in [-0.4, -0.2) is 25.8 Å². The fourth-order valence-electron chi connectivity index (χ4n) is 4.55. The zero-order valence-electron chi connectivity index (χ0n) is 20.6. The molecule has 37 heavy (non-hydrogen) atoms. The van der Waals surface area contributed by atoms with Crippen molar-refractivity contribution in [1.82, 2.24) is 4.90 Å². The lowest BCUT2D eigenvalue weighted by Crippen LogP contribution is -2.29. The molecule has 7 heteroatoms. The summed E-state index contributed by atoms with van der Waals surface area (Å²) < 4.78 is 28.0. The summed E-state index contributed by atoms with van der Waals surface area (Å²) in [5.74, 6) is -0.244. The number of fused-ring (bicyclic) bond motifs is 1. The minimum atomic E-state index is -3.73. The third-order valence-electron chi connectivity index (χ3n) is 6.52. The van der Waals surface area contributed by atoms with Crippen LogP contribution in [0, 0.1) is 6.92 Å². The molecule has 0 bridgehead atoms. The van der Waals surface area contributed by atoms with Crippen molar-refractivity contribution in [2.75, 3.05) is 16.6 Å². The predicted molar refractivity (Wildman–Crippen MR) is 147 cm³/mol. The molecule has 188 valence electrons. The van der Waals surface area contributed by atoms with Crippen molar-refractivity contribution in [2.24, 2.45) is 0 Å². The van der Waals surface area contributed by atoms with Gasteiger partial charge >= 0.3 is 0 Å². The van der Waals surface area contributed by atoms with Gasteiger partial charge in [-0.05, 0) is 84.1 Å². The van der Waals surface area contributed by atoms with Crippen LogP contribution in [0.2, 0.25) is 0 Å². The Labute approximate surface area is 218 Å². The van der Waals surface area contributed by atoms with Gasteiger partial charge in [0.15, 0.2) is 0 Å². The normalized spacial score (nSPS) is 13.5. The molecule has 0 aliphatic carbocycles. The van der Waals surface area contributed by atoms with Crippen LogP contribution < -0.4 is 10.0 Å². The average Bonchev–Trinajstić information content (AvgIpc) is 2.89. The Morgan fingerprint density at radius 2 is 1.57 bits per heavy atom. The first-order valence-electron chi connectivity index (χ1n) is 12.2. The van der Waals surface area contributed by atoms with E-state index in [1.807, 2.05) is 37.3 Å². The third kappa shape index (κ3) is 6.07. The van der Waals surface area contributed by atoms with E-state index in [1.54, 1.807) is 30.3 Å². The smallest absolute Gasteiger partial charge is 0.261 e. The lowest BCUT2D eigenvalue weighted by atomic mass is 9.99. The number of carbonyl (C=O) groups excluding carboxylic acids is 1. The predicted octanol–water partition coefficient (Wildman–Crippen LogP) is 5.61. The quantitative estimate of drug-likeness (QED) is 0.338. The fraction of sp³-hybridized carbons (Fsp3) is 0.167. The summed E-state index contributed by atoms with van der Waals surface area (Å²) in [4.78, 5) is 15.3. The van der Waals surface area contributed by atoms with Gasteiger partial charge in [-0.15, -0.1) is 0 Å². The van der Waals surface area contributed by atoms with Crippen molar-refractivity contribution in [3.05, 3.63) is 125 Å². The van der Waals surface area contributed by atoms with E-state index in [0.717, 1.165) is 37.2 Å². The number of amides is 1. The van der Waals surface area contributed by atoms with Gasteiger partial charge in [0.25, 0.3) is 15.9 Å². The highest BCUT2D eigenvalue weighted by molar-refractivity contribution is 7.92. The second kappa shape index (κ2) is 10.6. The molecule has 5 rings (SSSR count). The van der Waals surface area contributed by atoms with Gasteiger partial charge in [0.1, 0.15) is 0 Å². The number of hydrogen-bond acceptors (Lipinski definition) is 4. The summed E-state index contributed by atoms with van der Waals surface area (Å²) in [5.41, 5.74) is 6.51. The van der Waals surface area contributed by atoms with Crippen LogP contribution in [-0.2, 0) is 29.5 Å². The SMILES string of the molecule is Cc1cccc(NS(=O)(=O)c2ccc(NC(=O)c3ccc(CN4CCc5ccccc5C4)cc3)cc2)c1. The monoisotopic (exact) mass is 511 g/mol. The topological polar surface area (TPSA) is 78.5 Å². The Morgan fingerprint density at radius 1 is 0.838 bits per heavy atom. The van der Waals surface area contributed by atoms with E-state index in [1.165, 1.54) is 23.3 Å². The lowest BCUT2D eigenvalue weighted by molar-refractivity contribution is 0.102. The van der Waals surface area contributed by atoms with Crippen LogP contribution in [0.1, 0.15) is 32.6 Å². The molecule has 0 spiro atoms. The molecule has 1 amide bonds. The Hall–Kier alpha value is -3.94. The van der Waals surface area contributed by atoms with Crippen molar-refractivity contribution >= 4 is 27.3 Å². The number of nitrogens with one attached hydrogen (secondary N) is 2. The summed E-state index contributed by atoms with van der Waals surface area (Å²) in [6.07, 6.45) is 1.05. The van der Waals surface area contributed by atoms with Crippen molar-refractivity contribution in [3.63, 3.8) is 0 Å². The standard InChI is InChI=1S/C30H29N3O3S/c1-22-5-4-8-28(19-22)32-37(35,36)29-15-13-27(14-16-29)31-30(34)25-11-9-23(10-12-25)20-33-18-17-24-6-2-3-7-26(24)21-33/h2-16,19,32H,17-18,20-21H2,1H3,(H,31,34). The molecule has 6 nitrogen and oxygen atoms in total. The zero-order chi connectivity index (χ0) is 25.8. The summed E-state index contributed by atoms with van der Waals surface area (Å²) in [7, 11) is -3.73. The zero-order valence-corrected chi connectivity index (χ0v) is 21.5. The summed E-state index contributed by atoms with van der Waals surface area (Å²) in [5, 5.41) is 2.84. The molecule has 1 aliphatic heterocycles. The second-order valence-electron chi connectivity index (χ2n) is 9.38. The van der Waals surface area contributed by atoms with E-state index in [9.17, 15) is 13.2 Å². The van der Waals surface area contributed by atoms with Gasteiger partial charge < -0.3 is 5.32 Å². The fourth-order valence-corrected chi connectivity index (χ4v) is 5.60. The first-order chi connectivity index (χ1) is 17.9. The number of benzene rings is 4. The van der Waals surface area contributed by atoms with Crippen LogP contribution in [0.15, 0.2) is 102 Å². The maximum absolute atomic E-state index is 12.8. The first-order valence-corrected chi connectivity index (χ1v) is 13.7. The molecule has 0 atom stereocenters. The lowest BCUT2D eigenvalue weighted by Gasteiger charge is -2.28. The second-order valence-corrected chi connectivity index (χ2v) is 11.1. The number of carbonyl (C=O) groups is 1. The van der Waals surface area contributed by atoms with Gasteiger partial charge in [-0.2, -0.15) is 0 Å². The third-order valence-corrected chi connectivity index (χ3v) is 7.92. The van der Waals surface area contributed by atoms with Crippen molar-refractivity contribution in [1.29, 1.82) is 0 Å². The van der Waals surface area contributed by atoms with E-state index >= 15 is 0 Å². The molecule has 1 heterocycles. The average molecular weight is 512 g/mol. The molecule has 0 unspecified atom stereocenters. The molecule has 0 fully saturated rings. The number of nitrogens with zero attached hydrogens (tertiary/aromatic N) is 1. The molecule has 1 aliphatic rings. The minimum Gasteiger partial charge on any atom is -0.322 e. The highest BCUT2D eigenvalue weighted by Gasteiger charge is 2.17. The Bertz CT molecular complexity index is 1510. The number of sulfonamides is 1. The maximum Gasteiger partial charge on any atom is 0.261 e. The van der Waals surface area contributed by atoms with Gasteiger partial charge in [-0.25, -0.2) is 8.42 Å². The van der Waals surface area contributed by atoms with Gasteiger partial charge in [0.05, 0.1) is 4.90 Å². The Kier molecular flexibility index (Phi) is 7.08. The van der Waals surface area contributed by atoms with Crippen LogP contribution in [0.4, 0.5) is 11.4 Å². The minimum absolute atomic E-state index is 0.122.